The van der Waals surface area contributed by atoms with Crippen molar-refractivity contribution in [2.45, 2.75) is 13.1 Å². The number of thiocarbonyl (C=S) groups is 1. The van der Waals surface area contributed by atoms with Gasteiger partial charge in [-0.1, -0.05) is 72.9 Å². The minimum atomic E-state index is 0. The molecule has 0 aromatic heterocycles. The number of benzene rings is 2. The summed E-state index contributed by atoms with van der Waals surface area (Å²) in [5, 5.41) is 0. The summed E-state index contributed by atoms with van der Waals surface area (Å²) in [6.07, 6.45) is 0. The normalized spacial score (nSPS) is 9.53. The minimum absolute atomic E-state index is 0. The van der Waals surface area contributed by atoms with E-state index in [0.717, 1.165) is 13.1 Å². The first-order valence-corrected chi connectivity index (χ1v) is 6.67. The maximum absolute atomic E-state index is 5.21. The van der Waals surface area contributed by atoms with Crippen molar-refractivity contribution in [1.29, 1.82) is 0 Å². The van der Waals surface area contributed by atoms with Gasteiger partial charge in [-0.25, -0.2) is 0 Å². The Balaban J connectivity index is 0.00000180. The van der Waals surface area contributed by atoms with Gasteiger partial charge in [-0.05, 0) is 11.1 Å². The third-order valence-electron chi connectivity index (χ3n) is 2.70. The van der Waals surface area contributed by atoms with E-state index >= 15 is 0 Å². The van der Waals surface area contributed by atoms with Crippen LogP contribution in [-0.4, -0.2) is 9.22 Å². The first kappa shape index (κ1) is 16.4. The molecule has 0 saturated heterocycles. The quantitative estimate of drug-likeness (QED) is 0.517. The summed E-state index contributed by atoms with van der Waals surface area (Å²) in [6, 6.07) is 20.6. The first-order chi connectivity index (χ1) is 8.75. The zero-order valence-electron chi connectivity index (χ0n) is 10.5. The van der Waals surface area contributed by atoms with Crippen molar-refractivity contribution in [2.75, 3.05) is 0 Å². The number of thiol groups is 1. The minimum Gasteiger partial charge on any atom is -0.349 e. The fraction of sp³-hybridized carbons (Fsp3) is 0.133. The van der Waals surface area contributed by atoms with Gasteiger partial charge in [0.1, 0.15) is 4.32 Å². The Morgan fingerprint density at radius 3 is 1.53 bits per heavy atom. The third kappa shape index (κ3) is 5.49. The van der Waals surface area contributed by atoms with Crippen molar-refractivity contribution < 1.29 is 21.7 Å². The van der Waals surface area contributed by atoms with Crippen LogP contribution in [0.5, 0.6) is 0 Å². The van der Waals surface area contributed by atoms with Gasteiger partial charge in [0.15, 0.2) is 0 Å². The van der Waals surface area contributed by atoms with Gasteiger partial charge in [-0.3, -0.25) is 0 Å². The molecule has 4 heteroatoms. The van der Waals surface area contributed by atoms with Crippen molar-refractivity contribution in [3.05, 3.63) is 71.8 Å². The van der Waals surface area contributed by atoms with E-state index in [0.29, 0.717) is 4.32 Å². The van der Waals surface area contributed by atoms with Crippen LogP contribution in [0.25, 0.3) is 0 Å². The SMILES string of the molecule is S=C(S)N(Cc1ccccc1)Cc1ccccc1.[Ti]. The molecular weight excluding hydrogens is 306 g/mol. The van der Waals surface area contributed by atoms with Gasteiger partial charge < -0.3 is 4.90 Å². The van der Waals surface area contributed by atoms with Crippen LogP contribution >= 0.6 is 24.8 Å². The van der Waals surface area contributed by atoms with E-state index in [1.165, 1.54) is 11.1 Å². The predicted molar refractivity (Wildman–Crippen MR) is 83.7 cm³/mol. The molecule has 0 spiro atoms. The van der Waals surface area contributed by atoms with Crippen molar-refractivity contribution in [3.63, 3.8) is 0 Å². The van der Waals surface area contributed by atoms with Crippen molar-refractivity contribution in [1.82, 2.24) is 4.90 Å². The predicted octanol–water partition coefficient (Wildman–Crippen LogP) is 3.90. The molecule has 0 radical (unpaired) electrons. The van der Waals surface area contributed by atoms with Crippen molar-refractivity contribution >= 4 is 29.2 Å². The van der Waals surface area contributed by atoms with Crippen LogP contribution in [0, 0.1) is 0 Å². The summed E-state index contributed by atoms with van der Waals surface area (Å²) < 4.78 is 0.628. The zero-order chi connectivity index (χ0) is 12.8. The Kier molecular flexibility index (Phi) is 7.40. The molecule has 1 nitrogen and oxygen atoms in total. The topological polar surface area (TPSA) is 3.24 Å². The molecule has 0 heterocycles. The van der Waals surface area contributed by atoms with Crippen molar-refractivity contribution in [3.8, 4) is 0 Å². The number of nitrogens with zero attached hydrogens (tertiary/aromatic N) is 1. The van der Waals surface area contributed by atoms with E-state index < -0.39 is 0 Å². The van der Waals surface area contributed by atoms with Crippen LogP contribution in [-0.2, 0) is 34.8 Å². The van der Waals surface area contributed by atoms with Crippen LogP contribution in [0.3, 0.4) is 0 Å². The fourth-order valence-electron chi connectivity index (χ4n) is 1.80. The first-order valence-electron chi connectivity index (χ1n) is 5.81. The monoisotopic (exact) mass is 321 g/mol. The Morgan fingerprint density at radius 2 is 1.21 bits per heavy atom. The second kappa shape index (κ2) is 8.54. The van der Waals surface area contributed by atoms with E-state index in [1.807, 2.05) is 36.4 Å². The summed E-state index contributed by atoms with van der Waals surface area (Å²) in [5.74, 6) is 0. The summed E-state index contributed by atoms with van der Waals surface area (Å²) in [5.41, 5.74) is 2.48. The number of hydrogen-bond acceptors (Lipinski definition) is 1. The average molecular weight is 321 g/mol. The van der Waals surface area contributed by atoms with E-state index in [-0.39, 0.29) is 21.7 Å². The molecule has 2 aromatic carbocycles. The van der Waals surface area contributed by atoms with E-state index in [4.69, 9.17) is 12.2 Å². The molecule has 0 N–H and O–H groups in total. The van der Waals surface area contributed by atoms with Crippen LogP contribution in [0.4, 0.5) is 0 Å². The molecule has 2 rings (SSSR count). The van der Waals surface area contributed by atoms with Crippen LogP contribution in [0.2, 0.25) is 0 Å². The van der Waals surface area contributed by atoms with E-state index in [1.54, 1.807) is 0 Å². The molecule has 19 heavy (non-hydrogen) atoms. The van der Waals surface area contributed by atoms with E-state index in [2.05, 4.69) is 41.8 Å². The second-order valence-corrected chi connectivity index (χ2v) is 5.22. The van der Waals surface area contributed by atoms with Gasteiger partial charge in [0.05, 0.1) is 0 Å². The van der Waals surface area contributed by atoms with Gasteiger partial charge in [0.2, 0.25) is 0 Å². The van der Waals surface area contributed by atoms with Gasteiger partial charge in [-0.15, -0.1) is 12.6 Å². The maximum Gasteiger partial charge on any atom is 0.133 e. The Bertz CT molecular complexity index is 461. The smallest absolute Gasteiger partial charge is 0.133 e. The molecule has 0 amide bonds. The molecule has 0 aliphatic rings. The summed E-state index contributed by atoms with van der Waals surface area (Å²) in [4.78, 5) is 2.09. The molecule has 2 aromatic rings. The third-order valence-corrected chi connectivity index (χ3v) is 3.24. The average Bonchev–Trinajstić information content (AvgIpc) is 2.40. The Labute approximate surface area is 140 Å². The summed E-state index contributed by atoms with van der Waals surface area (Å²) in [7, 11) is 0. The molecule has 0 aliphatic heterocycles. The van der Waals surface area contributed by atoms with Gasteiger partial charge in [0, 0.05) is 34.8 Å². The van der Waals surface area contributed by atoms with Crippen LogP contribution < -0.4 is 0 Å². The van der Waals surface area contributed by atoms with Gasteiger partial charge >= 0.3 is 0 Å². The number of rotatable bonds is 4. The van der Waals surface area contributed by atoms with Gasteiger partial charge in [-0.2, -0.15) is 0 Å². The standard InChI is InChI=1S/C15H15NS2.Ti/c17-15(18)16(11-13-7-3-1-4-8-13)12-14-9-5-2-6-10-14;/h1-10H,11-12H2,(H,17,18);. The van der Waals surface area contributed by atoms with Crippen LogP contribution in [0.1, 0.15) is 11.1 Å². The molecule has 0 saturated carbocycles. The van der Waals surface area contributed by atoms with Gasteiger partial charge in [0.25, 0.3) is 0 Å². The second-order valence-electron chi connectivity index (χ2n) is 4.11. The van der Waals surface area contributed by atoms with Crippen LogP contribution in [0.15, 0.2) is 60.7 Å². The largest absolute Gasteiger partial charge is 0.349 e. The van der Waals surface area contributed by atoms with E-state index in [9.17, 15) is 0 Å². The Hall–Kier alpha value is -0.606. The fourth-order valence-corrected chi connectivity index (χ4v) is 2.07. The molecule has 0 unspecified atom stereocenters. The molecule has 0 aliphatic carbocycles. The molecule has 96 valence electrons. The Morgan fingerprint density at radius 1 is 0.842 bits per heavy atom. The summed E-state index contributed by atoms with van der Waals surface area (Å²) in [6.45, 7) is 1.58. The zero-order valence-corrected chi connectivity index (χ0v) is 13.8. The molecule has 0 atom stereocenters. The molecular formula is C15H15NS2Ti. The molecule has 0 bridgehead atoms. The maximum atomic E-state index is 5.21. The van der Waals surface area contributed by atoms with Crippen molar-refractivity contribution in [2.24, 2.45) is 0 Å². The number of hydrogen-bond donors (Lipinski definition) is 1. The summed E-state index contributed by atoms with van der Waals surface area (Å²) >= 11 is 9.52. The molecule has 0 fully saturated rings.